The molecule has 1 aromatic carbocycles. The molecule has 2 amide bonds. The van der Waals surface area contributed by atoms with Crippen molar-refractivity contribution in [3.8, 4) is 0 Å². The molecule has 1 saturated carbocycles. The molecule has 24 heavy (non-hydrogen) atoms. The minimum Gasteiger partial charge on any atom is -0.349 e. The molecule has 132 valence electrons. The van der Waals surface area contributed by atoms with Crippen LogP contribution in [-0.4, -0.2) is 30.9 Å². The van der Waals surface area contributed by atoms with Gasteiger partial charge in [0.1, 0.15) is 0 Å². The number of carbonyl (C=O) groups excluding carboxylic acids is 2. The summed E-state index contributed by atoms with van der Waals surface area (Å²) in [4.78, 5) is 24.0. The molecular weight excluding hydrogens is 302 g/mol. The first kappa shape index (κ1) is 18.5. The Labute approximate surface area is 144 Å². The lowest BCUT2D eigenvalue weighted by molar-refractivity contribution is -0.115. The predicted molar refractivity (Wildman–Crippen MR) is 97.2 cm³/mol. The van der Waals surface area contributed by atoms with Crippen molar-refractivity contribution in [2.75, 3.05) is 18.4 Å². The standard InChI is InChI=1S/C19H29N3O2/c1-2-3-13-20-14-18(23)21-17-11-9-15(10-12-17)19(24)22-16-7-5-4-6-8-16/h9-12,16,20H,2-8,13-14H2,1H3,(H,21,23)(H,22,24). The van der Waals surface area contributed by atoms with Crippen molar-refractivity contribution in [3.05, 3.63) is 29.8 Å². The van der Waals surface area contributed by atoms with Gasteiger partial charge in [0.25, 0.3) is 5.91 Å². The molecule has 1 aliphatic carbocycles. The van der Waals surface area contributed by atoms with E-state index < -0.39 is 0 Å². The van der Waals surface area contributed by atoms with Crippen LogP contribution >= 0.6 is 0 Å². The summed E-state index contributed by atoms with van der Waals surface area (Å²) in [6, 6.07) is 7.38. The first-order valence-corrected chi connectivity index (χ1v) is 9.10. The average molecular weight is 331 g/mol. The highest BCUT2D eigenvalue weighted by Crippen LogP contribution is 2.18. The third kappa shape index (κ3) is 6.32. The Hall–Kier alpha value is -1.88. The van der Waals surface area contributed by atoms with Crippen molar-refractivity contribution < 1.29 is 9.59 Å². The van der Waals surface area contributed by atoms with Gasteiger partial charge in [-0.05, 0) is 50.1 Å². The summed E-state index contributed by atoms with van der Waals surface area (Å²) in [6.07, 6.45) is 7.99. The number of rotatable bonds is 8. The maximum absolute atomic E-state index is 12.2. The molecule has 0 unspecified atom stereocenters. The Bertz CT molecular complexity index is 522. The Morgan fingerprint density at radius 1 is 1.08 bits per heavy atom. The van der Waals surface area contributed by atoms with Crippen LogP contribution < -0.4 is 16.0 Å². The molecule has 0 atom stereocenters. The molecule has 5 heteroatoms. The third-order valence-corrected chi connectivity index (χ3v) is 4.36. The molecule has 3 N–H and O–H groups in total. The van der Waals surface area contributed by atoms with Gasteiger partial charge in [-0.2, -0.15) is 0 Å². The number of carbonyl (C=O) groups is 2. The van der Waals surface area contributed by atoms with E-state index in [2.05, 4.69) is 22.9 Å². The Kier molecular flexibility index (Phi) is 7.75. The van der Waals surface area contributed by atoms with Crippen LogP contribution in [0.1, 0.15) is 62.2 Å². The fourth-order valence-corrected chi connectivity index (χ4v) is 2.93. The second-order valence-corrected chi connectivity index (χ2v) is 6.46. The largest absolute Gasteiger partial charge is 0.349 e. The van der Waals surface area contributed by atoms with Crippen molar-refractivity contribution in [3.63, 3.8) is 0 Å². The number of unbranched alkanes of at least 4 members (excludes halogenated alkanes) is 1. The Balaban J connectivity index is 1.77. The van der Waals surface area contributed by atoms with Gasteiger partial charge in [-0.3, -0.25) is 9.59 Å². The topological polar surface area (TPSA) is 70.2 Å². The highest BCUT2D eigenvalue weighted by molar-refractivity contribution is 5.96. The number of nitrogens with one attached hydrogen (secondary N) is 3. The normalized spacial score (nSPS) is 15.0. The lowest BCUT2D eigenvalue weighted by Crippen LogP contribution is -2.36. The van der Waals surface area contributed by atoms with E-state index in [-0.39, 0.29) is 11.8 Å². The highest BCUT2D eigenvalue weighted by Gasteiger charge is 2.16. The summed E-state index contributed by atoms with van der Waals surface area (Å²) in [7, 11) is 0. The van der Waals surface area contributed by atoms with E-state index in [1.807, 2.05) is 0 Å². The van der Waals surface area contributed by atoms with Gasteiger partial charge in [0.15, 0.2) is 0 Å². The second kappa shape index (κ2) is 10.1. The number of hydrogen-bond acceptors (Lipinski definition) is 3. The predicted octanol–water partition coefficient (Wildman–Crippen LogP) is 3.08. The van der Waals surface area contributed by atoms with E-state index >= 15 is 0 Å². The van der Waals surface area contributed by atoms with Gasteiger partial charge in [0.05, 0.1) is 6.54 Å². The van der Waals surface area contributed by atoms with Gasteiger partial charge < -0.3 is 16.0 Å². The fourth-order valence-electron chi connectivity index (χ4n) is 2.93. The van der Waals surface area contributed by atoms with E-state index in [0.29, 0.717) is 23.8 Å². The van der Waals surface area contributed by atoms with Crippen LogP contribution in [-0.2, 0) is 4.79 Å². The Morgan fingerprint density at radius 2 is 1.79 bits per heavy atom. The third-order valence-electron chi connectivity index (χ3n) is 4.36. The smallest absolute Gasteiger partial charge is 0.251 e. The Morgan fingerprint density at radius 3 is 2.46 bits per heavy atom. The van der Waals surface area contributed by atoms with Crippen LogP contribution in [0.15, 0.2) is 24.3 Å². The SMILES string of the molecule is CCCCNCC(=O)Nc1ccc(C(=O)NC2CCCCC2)cc1. The highest BCUT2D eigenvalue weighted by atomic mass is 16.2. The summed E-state index contributed by atoms with van der Waals surface area (Å²) in [5.41, 5.74) is 1.35. The maximum atomic E-state index is 12.2. The zero-order valence-corrected chi connectivity index (χ0v) is 14.6. The first-order valence-electron chi connectivity index (χ1n) is 9.10. The maximum Gasteiger partial charge on any atom is 0.251 e. The van der Waals surface area contributed by atoms with Crippen LogP contribution in [0.25, 0.3) is 0 Å². The van der Waals surface area contributed by atoms with Crippen molar-refractivity contribution in [2.24, 2.45) is 0 Å². The van der Waals surface area contributed by atoms with Crippen LogP contribution in [0, 0.1) is 0 Å². The van der Waals surface area contributed by atoms with Gasteiger partial charge >= 0.3 is 0 Å². The summed E-state index contributed by atoms with van der Waals surface area (Å²) in [5, 5.41) is 9.04. The molecule has 1 aromatic rings. The van der Waals surface area contributed by atoms with Crippen LogP contribution in [0.5, 0.6) is 0 Å². The van der Waals surface area contributed by atoms with E-state index in [9.17, 15) is 9.59 Å². The van der Waals surface area contributed by atoms with Gasteiger partial charge in [-0.1, -0.05) is 32.6 Å². The first-order chi connectivity index (χ1) is 11.7. The zero-order chi connectivity index (χ0) is 17.2. The van der Waals surface area contributed by atoms with Crippen LogP contribution in [0.4, 0.5) is 5.69 Å². The fraction of sp³-hybridized carbons (Fsp3) is 0.579. The van der Waals surface area contributed by atoms with E-state index in [4.69, 9.17) is 0 Å². The van der Waals surface area contributed by atoms with Crippen LogP contribution in [0.2, 0.25) is 0 Å². The molecule has 0 radical (unpaired) electrons. The molecule has 1 aliphatic rings. The summed E-state index contributed by atoms with van der Waals surface area (Å²) in [6.45, 7) is 3.28. The number of amides is 2. The number of benzene rings is 1. The summed E-state index contributed by atoms with van der Waals surface area (Å²) < 4.78 is 0. The molecule has 5 nitrogen and oxygen atoms in total. The summed E-state index contributed by atoms with van der Waals surface area (Å²) >= 11 is 0. The van der Waals surface area contributed by atoms with Crippen LogP contribution in [0.3, 0.4) is 0 Å². The van der Waals surface area contributed by atoms with Crippen molar-refractivity contribution in [2.45, 2.75) is 57.9 Å². The molecule has 0 saturated heterocycles. The average Bonchev–Trinajstić information content (AvgIpc) is 2.60. The lowest BCUT2D eigenvalue weighted by atomic mass is 9.95. The van der Waals surface area contributed by atoms with Gasteiger partial charge in [-0.25, -0.2) is 0 Å². The minimum atomic E-state index is -0.0643. The molecule has 1 fully saturated rings. The molecule has 0 aromatic heterocycles. The monoisotopic (exact) mass is 331 g/mol. The van der Waals surface area contributed by atoms with E-state index in [1.54, 1.807) is 24.3 Å². The number of anilines is 1. The van der Waals surface area contributed by atoms with Crippen molar-refractivity contribution in [1.29, 1.82) is 0 Å². The second-order valence-electron chi connectivity index (χ2n) is 6.46. The van der Waals surface area contributed by atoms with E-state index in [0.717, 1.165) is 32.2 Å². The van der Waals surface area contributed by atoms with Crippen molar-refractivity contribution >= 4 is 17.5 Å². The molecule has 0 bridgehead atoms. The van der Waals surface area contributed by atoms with E-state index in [1.165, 1.54) is 19.3 Å². The molecular formula is C19H29N3O2. The van der Waals surface area contributed by atoms with Gasteiger partial charge in [0.2, 0.25) is 5.91 Å². The zero-order valence-electron chi connectivity index (χ0n) is 14.6. The number of hydrogen-bond donors (Lipinski definition) is 3. The quantitative estimate of drug-likeness (QED) is 0.641. The molecule has 0 aliphatic heterocycles. The molecule has 0 spiro atoms. The summed E-state index contributed by atoms with van der Waals surface area (Å²) in [5.74, 6) is -0.0912. The molecule has 2 rings (SSSR count). The van der Waals surface area contributed by atoms with Gasteiger partial charge in [-0.15, -0.1) is 0 Å². The van der Waals surface area contributed by atoms with Gasteiger partial charge in [0, 0.05) is 17.3 Å². The van der Waals surface area contributed by atoms with Crippen molar-refractivity contribution in [1.82, 2.24) is 10.6 Å². The lowest BCUT2D eigenvalue weighted by Gasteiger charge is -2.22. The minimum absolute atomic E-state index is 0.0268. The molecule has 0 heterocycles.